The average Bonchev–Trinajstić information content (AvgIpc) is 2.44. The summed E-state index contributed by atoms with van der Waals surface area (Å²) in [5.41, 5.74) is 2.60. The molecule has 0 bridgehead atoms. The molecular formula is C12H21N5OS. The van der Waals surface area contributed by atoms with Gasteiger partial charge in [-0.2, -0.15) is 11.8 Å². The maximum atomic E-state index is 5.47. The molecule has 1 unspecified atom stereocenters. The van der Waals surface area contributed by atoms with Gasteiger partial charge >= 0.3 is 0 Å². The van der Waals surface area contributed by atoms with Gasteiger partial charge in [-0.15, -0.1) is 0 Å². The number of nitrogen functional groups attached to an aromatic ring is 1. The second-order valence-corrected chi connectivity index (χ2v) is 5.98. The van der Waals surface area contributed by atoms with Gasteiger partial charge in [0.05, 0.1) is 0 Å². The van der Waals surface area contributed by atoms with E-state index in [0.717, 1.165) is 24.7 Å². The van der Waals surface area contributed by atoms with Gasteiger partial charge in [-0.3, -0.25) is 0 Å². The number of hydrogen-bond acceptors (Lipinski definition) is 7. The van der Waals surface area contributed by atoms with E-state index in [0.29, 0.717) is 30.1 Å². The standard InChI is InChI=1S/C12H21N5OS/c1-3-18-8-11-14-10(16-13)6-12(15-11)17-4-5-19-9(2)7-17/h6,9H,3-5,7-8,13H2,1-2H3,(H,14,15,16). The number of rotatable bonds is 5. The van der Waals surface area contributed by atoms with Crippen molar-refractivity contribution in [1.82, 2.24) is 9.97 Å². The molecule has 1 aliphatic heterocycles. The Morgan fingerprint density at radius 3 is 3.11 bits per heavy atom. The molecule has 0 aromatic carbocycles. The molecule has 0 radical (unpaired) electrons. The summed E-state index contributed by atoms with van der Waals surface area (Å²) < 4.78 is 5.37. The third-order valence-electron chi connectivity index (χ3n) is 2.91. The van der Waals surface area contributed by atoms with Crippen molar-refractivity contribution in [3.8, 4) is 0 Å². The zero-order valence-corrected chi connectivity index (χ0v) is 12.2. The van der Waals surface area contributed by atoms with E-state index >= 15 is 0 Å². The lowest BCUT2D eigenvalue weighted by Gasteiger charge is -2.31. The molecule has 2 rings (SSSR count). The van der Waals surface area contributed by atoms with E-state index in [2.05, 4.69) is 27.2 Å². The van der Waals surface area contributed by atoms with E-state index in [1.54, 1.807) is 0 Å². The normalized spacial score (nSPS) is 19.5. The van der Waals surface area contributed by atoms with Crippen LogP contribution in [0, 0.1) is 0 Å². The number of hydrazine groups is 1. The van der Waals surface area contributed by atoms with Crippen LogP contribution in [0.1, 0.15) is 19.7 Å². The van der Waals surface area contributed by atoms with Crippen LogP contribution in [-0.4, -0.2) is 40.7 Å². The first-order chi connectivity index (χ1) is 9.22. The van der Waals surface area contributed by atoms with Crippen molar-refractivity contribution < 1.29 is 4.74 Å². The molecule has 1 fully saturated rings. The number of ether oxygens (including phenoxy) is 1. The molecule has 1 aromatic rings. The molecular weight excluding hydrogens is 262 g/mol. The Kier molecular flexibility index (Phi) is 5.24. The fourth-order valence-corrected chi connectivity index (χ4v) is 3.02. The summed E-state index contributed by atoms with van der Waals surface area (Å²) >= 11 is 1.99. The fraction of sp³-hybridized carbons (Fsp3) is 0.667. The van der Waals surface area contributed by atoms with Crippen LogP contribution >= 0.6 is 11.8 Å². The Balaban J connectivity index is 2.17. The minimum atomic E-state index is 0.414. The summed E-state index contributed by atoms with van der Waals surface area (Å²) in [5, 5.41) is 0.619. The van der Waals surface area contributed by atoms with Crippen LogP contribution in [0.25, 0.3) is 0 Å². The van der Waals surface area contributed by atoms with Crippen molar-refractivity contribution in [2.75, 3.05) is 35.8 Å². The summed E-state index contributed by atoms with van der Waals surface area (Å²) in [6, 6.07) is 1.89. The van der Waals surface area contributed by atoms with Crippen molar-refractivity contribution in [3.05, 3.63) is 11.9 Å². The Morgan fingerprint density at radius 2 is 2.42 bits per heavy atom. The van der Waals surface area contributed by atoms with Crippen molar-refractivity contribution in [2.24, 2.45) is 5.84 Å². The van der Waals surface area contributed by atoms with Crippen molar-refractivity contribution >= 4 is 23.4 Å². The second-order valence-electron chi connectivity index (χ2n) is 4.44. The summed E-state index contributed by atoms with van der Waals surface area (Å²) in [4.78, 5) is 11.1. The van der Waals surface area contributed by atoms with Crippen LogP contribution < -0.4 is 16.2 Å². The summed E-state index contributed by atoms with van der Waals surface area (Å²) in [6.07, 6.45) is 0. The van der Waals surface area contributed by atoms with Gasteiger partial charge in [0.25, 0.3) is 0 Å². The highest BCUT2D eigenvalue weighted by molar-refractivity contribution is 8.00. The molecule has 0 amide bonds. The topological polar surface area (TPSA) is 76.3 Å². The maximum Gasteiger partial charge on any atom is 0.158 e. The molecule has 19 heavy (non-hydrogen) atoms. The van der Waals surface area contributed by atoms with Gasteiger partial charge in [0.2, 0.25) is 0 Å². The van der Waals surface area contributed by atoms with Gasteiger partial charge in [-0.1, -0.05) is 6.92 Å². The largest absolute Gasteiger partial charge is 0.374 e. The predicted octanol–water partition coefficient (Wildman–Crippen LogP) is 1.24. The van der Waals surface area contributed by atoms with Gasteiger partial charge < -0.3 is 15.1 Å². The molecule has 1 aromatic heterocycles. The van der Waals surface area contributed by atoms with E-state index in [9.17, 15) is 0 Å². The van der Waals surface area contributed by atoms with Crippen molar-refractivity contribution in [1.29, 1.82) is 0 Å². The van der Waals surface area contributed by atoms with Gasteiger partial charge in [0.1, 0.15) is 18.2 Å². The molecule has 6 nitrogen and oxygen atoms in total. The minimum absolute atomic E-state index is 0.414. The Morgan fingerprint density at radius 1 is 1.58 bits per heavy atom. The number of nitrogens with two attached hydrogens (primary N) is 1. The van der Waals surface area contributed by atoms with Crippen LogP contribution in [0.2, 0.25) is 0 Å². The smallest absolute Gasteiger partial charge is 0.158 e. The highest BCUT2D eigenvalue weighted by Crippen LogP contribution is 2.23. The monoisotopic (exact) mass is 283 g/mol. The molecule has 1 atom stereocenters. The number of thioether (sulfide) groups is 1. The number of hydrogen-bond donors (Lipinski definition) is 2. The number of nitrogens with one attached hydrogen (secondary N) is 1. The lowest BCUT2D eigenvalue weighted by molar-refractivity contribution is 0.128. The number of aromatic nitrogens is 2. The minimum Gasteiger partial charge on any atom is -0.374 e. The molecule has 3 N–H and O–H groups in total. The molecule has 0 spiro atoms. The van der Waals surface area contributed by atoms with Crippen LogP contribution in [0.15, 0.2) is 6.07 Å². The molecule has 0 aliphatic carbocycles. The lowest BCUT2D eigenvalue weighted by Crippen LogP contribution is -2.37. The van der Waals surface area contributed by atoms with Crippen LogP contribution in [0.4, 0.5) is 11.6 Å². The van der Waals surface area contributed by atoms with Crippen LogP contribution in [-0.2, 0) is 11.3 Å². The van der Waals surface area contributed by atoms with Crippen LogP contribution in [0.3, 0.4) is 0 Å². The highest BCUT2D eigenvalue weighted by Gasteiger charge is 2.19. The number of nitrogens with zero attached hydrogens (tertiary/aromatic N) is 3. The van der Waals surface area contributed by atoms with Crippen molar-refractivity contribution in [3.63, 3.8) is 0 Å². The maximum absolute atomic E-state index is 5.47. The quantitative estimate of drug-likeness (QED) is 0.622. The highest BCUT2D eigenvalue weighted by atomic mass is 32.2. The third kappa shape index (κ3) is 3.95. The second kappa shape index (κ2) is 6.93. The van der Waals surface area contributed by atoms with Gasteiger partial charge in [0.15, 0.2) is 5.82 Å². The number of anilines is 2. The first kappa shape index (κ1) is 14.4. The summed E-state index contributed by atoms with van der Waals surface area (Å²) in [7, 11) is 0. The van der Waals surface area contributed by atoms with E-state index in [1.165, 1.54) is 0 Å². The fourth-order valence-electron chi connectivity index (χ4n) is 2.00. The Hall–Kier alpha value is -1.05. The zero-order chi connectivity index (χ0) is 13.7. The average molecular weight is 283 g/mol. The van der Waals surface area contributed by atoms with Crippen molar-refractivity contribution in [2.45, 2.75) is 25.7 Å². The molecule has 0 saturated carbocycles. The van der Waals surface area contributed by atoms with Gasteiger partial charge in [0, 0.05) is 36.8 Å². The zero-order valence-electron chi connectivity index (χ0n) is 11.4. The molecule has 7 heteroatoms. The summed E-state index contributed by atoms with van der Waals surface area (Å²) in [6.45, 7) is 7.26. The molecule has 106 valence electrons. The lowest BCUT2D eigenvalue weighted by atomic mass is 10.3. The van der Waals surface area contributed by atoms with Crippen LogP contribution in [0.5, 0.6) is 0 Å². The van der Waals surface area contributed by atoms with E-state index < -0.39 is 0 Å². The van der Waals surface area contributed by atoms with Gasteiger partial charge in [-0.05, 0) is 6.92 Å². The first-order valence-electron chi connectivity index (χ1n) is 6.51. The van der Waals surface area contributed by atoms with E-state index in [1.807, 2.05) is 24.8 Å². The first-order valence-corrected chi connectivity index (χ1v) is 7.56. The third-order valence-corrected chi connectivity index (χ3v) is 4.04. The Labute approximate surface area is 118 Å². The SMILES string of the molecule is CCOCc1nc(NN)cc(N2CCSC(C)C2)n1. The molecule has 1 aliphatic rings. The van der Waals surface area contributed by atoms with Gasteiger partial charge in [-0.25, -0.2) is 15.8 Å². The predicted molar refractivity (Wildman–Crippen MR) is 79.3 cm³/mol. The van der Waals surface area contributed by atoms with E-state index in [4.69, 9.17) is 10.6 Å². The molecule has 2 heterocycles. The van der Waals surface area contributed by atoms with E-state index in [-0.39, 0.29) is 0 Å². The summed E-state index contributed by atoms with van der Waals surface area (Å²) in [5.74, 6) is 8.81. The molecule has 1 saturated heterocycles. The Bertz CT molecular complexity index is 417.